The highest BCUT2D eigenvalue weighted by molar-refractivity contribution is 9.10. The first-order valence-electron chi connectivity index (χ1n) is 8.91. The molecule has 0 atom stereocenters. The smallest absolute Gasteiger partial charge is 0.225 e. The molecule has 146 valence electrons. The summed E-state index contributed by atoms with van der Waals surface area (Å²) in [5, 5.41) is 6.29. The first-order chi connectivity index (χ1) is 13.5. The van der Waals surface area contributed by atoms with Gasteiger partial charge in [0.15, 0.2) is 0 Å². The Morgan fingerprint density at radius 3 is 2.71 bits per heavy atom. The molecule has 3 rings (SSSR count). The van der Waals surface area contributed by atoms with Crippen molar-refractivity contribution in [2.75, 3.05) is 37.8 Å². The van der Waals surface area contributed by atoms with Crippen LogP contribution in [0.25, 0.3) is 11.3 Å². The Kier molecular flexibility index (Phi) is 6.89. The van der Waals surface area contributed by atoms with E-state index in [4.69, 9.17) is 0 Å². The van der Waals surface area contributed by atoms with Crippen LogP contribution in [0, 0.1) is 5.82 Å². The van der Waals surface area contributed by atoms with Gasteiger partial charge in [0.25, 0.3) is 0 Å². The van der Waals surface area contributed by atoms with Crippen molar-refractivity contribution in [3.05, 3.63) is 59.1 Å². The molecular weight excluding hydrogens is 423 g/mol. The van der Waals surface area contributed by atoms with E-state index in [0.717, 1.165) is 25.1 Å². The van der Waals surface area contributed by atoms with Crippen LogP contribution in [0.1, 0.15) is 6.42 Å². The third-order valence-corrected chi connectivity index (χ3v) is 4.44. The molecule has 2 heterocycles. The van der Waals surface area contributed by atoms with Gasteiger partial charge in [-0.1, -0.05) is 15.9 Å². The second kappa shape index (κ2) is 9.57. The number of pyridine rings is 1. The van der Waals surface area contributed by atoms with Gasteiger partial charge < -0.3 is 15.5 Å². The Hall–Kier alpha value is -2.58. The van der Waals surface area contributed by atoms with Crippen molar-refractivity contribution in [3.8, 4) is 11.3 Å². The van der Waals surface area contributed by atoms with E-state index in [1.807, 2.05) is 26.2 Å². The molecule has 0 amide bonds. The van der Waals surface area contributed by atoms with Gasteiger partial charge in [-0.05, 0) is 57.4 Å². The van der Waals surface area contributed by atoms with Crippen LogP contribution in [0.3, 0.4) is 0 Å². The summed E-state index contributed by atoms with van der Waals surface area (Å²) in [6, 6.07) is 10.4. The average molecular weight is 445 g/mol. The van der Waals surface area contributed by atoms with Crippen molar-refractivity contribution in [1.82, 2.24) is 19.9 Å². The van der Waals surface area contributed by atoms with Crippen LogP contribution in [0.15, 0.2) is 53.3 Å². The molecule has 2 aromatic heterocycles. The first kappa shape index (κ1) is 20.2. The van der Waals surface area contributed by atoms with E-state index in [1.54, 1.807) is 30.6 Å². The molecule has 8 heteroatoms. The second-order valence-corrected chi connectivity index (χ2v) is 7.45. The lowest BCUT2D eigenvalue weighted by Crippen LogP contribution is -2.17. The summed E-state index contributed by atoms with van der Waals surface area (Å²) in [5.41, 5.74) is 1.91. The number of aromatic nitrogens is 3. The van der Waals surface area contributed by atoms with E-state index in [2.05, 4.69) is 46.4 Å². The number of halogens is 2. The number of hydrogen-bond acceptors (Lipinski definition) is 6. The van der Waals surface area contributed by atoms with Gasteiger partial charge in [0.1, 0.15) is 11.6 Å². The molecule has 0 aliphatic rings. The molecule has 0 aliphatic heterocycles. The van der Waals surface area contributed by atoms with E-state index in [-0.39, 0.29) is 5.82 Å². The van der Waals surface area contributed by atoms with Crippen molar-refractivity contribution in [2.24, 2.45) is 0 Å². The lowest BCUT2D eigenvalue weighted by atomic mass is 10.2. The summed E-state index contributed by atoms with van der Waals surface area (Å²) in [5.74, 6) is 0.627. The van der Waals surface area contributed by atoms with Crippen LogP contribution in [-0.4, -0.2) is 47.0 Å². The van der Waals surface area contributed by atoms with Gasteiger partial charge >= 0.3 is 0 Å². The Morgan fingerprint density at radius 1 is 1.14 bits per heavy atom. The minimum absolute atomic E-state index is 0.345. The highest BCUT2D eigenvalue weighted by Gasteiger charge is 2.10. The zero-order valence-corrected chi connectivity index (χ0v) is 17.4. The number of benzene rings is 1. The maximum atomic E-state index is 14.2. The van der Waals surface area contributed by atoms with Crippen molar-refractivity contribution in [2.45, 2.75) is 6.42 Å². The monoisotopic (exact) mass is 444 g/mol. The standard InChI is InChI=1S/C20H22BrFN6/c1-28(2)10-4-9-24-20-26-18(14-5-3-8-23-13-14)12-19(27-20)25-17-7-6-15(21)11-16(17)22/h3,5-8,11-13H,4,9-10H2,1-2H3,(H2,24,25,26,27). The van der Waals surface area contributed by atoms with E-state index < -0.39 is 0 Å². The van der Waals surface area contributed by atoms with Crippen molar-refractivity contribution < 1.29 is 4.39 Å². The van der Waals surface area contributed by atoms with E-state index in [1.165, 1.54) is 6.07 Å². The zero-order valence-electron chi connectivity index (χ0n) is 15.8. The van der Waals surface area contributed by atoms with Crippen LogP contribution in [-0.2, 0) is 0 Å². The van der Waals surface area contributed by atoms with E-state index in [9.17, 15) is 4.39 Å². The fourth-order valence-corrected chi connectivity index (χ4v) is 2.91. The molecule has 1 aromatic carbocycles. The van der Waals surface area contributed by atoms with Crippen molar-refractivity contribution in [3.63, 3.8) is 0 Å². The summed E-state index contributed by atoms with van der Waals surface area (Å²) in [6.07, 6.45) is 4.40. The average Bonchev–Trinajstić information content (AvgIpc) is 2.68. The molecule has 28 heavy (non-hydrogen) atoms. The molecule has 0 spiro atoms. The highest BCUT2D eigenvalue weighted by Crippen LogP contribution is 2.26. The topological polar surface area (TPSA) is 66.0 Å². The Labute approximate surface area is 172 Å². The number of rotatable bonds is 8. The van der Waals surface area contributed by atoms with Crippen molar-refractivity contribution >= 4 is 33.4 Å². The van der Waals surface area contributed by atoms with Gasteiger partial charge in [0, 0.05) is 35.0 Å². The van der Waals surface area contributed by atoms with Crippen molar-refractivity contribution in [1.29, 1.82) is 0 Å². The van der Waals surface area contributed by atoms with Gasteiger partial charge in [-0.2, -0.15) is 4.98 Å². The summed E-state index contributed by atoms with van der Waals surface area (Å²) in [4.78, 5) is 15.3. The zero-order chi connectivity index (χ0) is 19.9. The lowest BCUT2D eigenvalue weighted by molar-refractivity contribution is 0.405. The molecule has 3 aromatic rings. The number of hydrogen-bond donors (Lipinski definition) is 2. The molecule has 0 aliphatic carbocycles. The molecule has 0 radical (unpaired) electrons. The third kappa shape index (κ3) is 5.71. The molecular formula is C20H22BrFN6. The molecule has 6 nitrogen and oxygen atoms in total. The number of nitrogens with zero attached hydrogens (tertiary/aromatic N) is 4. The second-order valence-electron chi connectivity index (χ2n) is 6.54. The van der Waals surface area contributed by atoms with Crippen LogP contribution in [0.5, 0.6) is 0 Å². The van der Waals surface area contributed by atoms with Crippen LogP contribution < -0.4 is 10.6 Å². The van der Waals surface area contributed by atoms with Gasteiger partial charge in [0.05, 0.1) is 11.4 Å². The normalized spacial score (nSPS) is 10.9. The summed E-state index contributed by atoms with van der Waals surface area (Å²) in [7, 11) is 4.07. The fourth-order valence-electron chi connectivity index (χ4n) is 2.58. The Balaban J connectivity index is 1.86. The predicted molar refractivity (Wildman–Crippen MR) is 114 cm³/mol. The van der Waals surface area contributed by atoms with Gasteiger partial charge in [-0.15, -0.1) is 0 Å². The maximum absolute atomic E-state index is 14.2. The minimum Gasteiger partial charge on any atom is -0.354 e. The van der Waals surface area contributed by atoms with Crippen LogP contribution >= 0.6 is 15.9 Å². The molecule has 0 fully saturated rings. The SMILES string of the molecule is CN(C)CCCNc1nc(Nc2ccc(Br)cc2F)cc(-c2cccnc2)n1. The Morgan fingerprint density at radius 2 is 2.00 bits per heavy atom. The summed E-state index contributed by atoms with van der Waals surface area (Å²) >= 11 is 3.27. The molecule has 0 unspecified atom stereocenters. The quantitative estimate of drug-likeness (QED) is 0.496. The number of nitrogens with one attached hydrogen (secondary N) is 2. The molecule has 2 N–H and O–H groups in total. The Bertz CT molecular complexity index is 920. The van der Waals surface area contributed by atoms with Crippen LogP contribution in [0.2, 0.25) is 0 Å². The molecule has 0 bridgehead atoms. The summed E-state index contributed by atoms with van der Waals surface area (Å²) < 4.78 is 14.9. The fraction of sp³-hybridized carbons (Fsp3) is 0.250. The maximum Gasteiger partial charge on any atom is 0.225 e. The van der Waals surface area contributed by atoms with E-state index in [0.29, 0.717) is 27.6 Å². The predicted octanol–water partition coefficient (Wildman–Crippen LogP) is 4.55. The molecule has 0 saturated carbocycles. The molecule has 0 saturated heterocycles. The lowest BCUT2D eigenvalue weighted by Gasteiger charge is -2.13. The largest absolute Gasteiger partial charge is 0.354 e. The van der Waals surface area contributed by atoms with Crippen LogP contribution in [0.4, 0.5) is 21.8 Å². The minimum atomic E-state index is -0.364. The number of anilines is 3. The van der Waals surface area contributed by atoms with Gasteiger partial charge in [0.2, 0.25) is 5.95 Å². The van der Waals surface area contributed by atoms with Gasteiger partial charge in [-0.3, -0.25) is 4.98 Å². The summed E-state index contributed by atoms with van der Waals surface area (Å²) in [6.45, 7) is 1.70. The highest BCUT2D eigenvalue weighted by atomic mass is 79.9. The third-order valence-electron chi connectivity index (χ3n) is 3.94. The van der Waals surface area contributed by atoms with E-state index >= 15 is 0 Å². The first-order valence-corrected chi connectivity index (χ1v) is 9.71. The van der Waals surface area contributed by atoms with Gasteiger partial charge in [-0.25, -0.2) is 9.37 Å².